The van der Waals surface area contributed by atoms with Crippen molar-refractivity contribution in [2.45, 2.75) is 6.54 Å². The molecule has 0 bridgehead atoms. The maximum atomic E-state index is 9.37. The molecule has 0 aromatic heterocycles. The first kappa shape index (κ1) is 15.5. The van der Waals surface area contributed by atoms with E-state index in [0.29, 0.717) is 5.75 Å². The van der Waals surface area contributed by atoms with Crippen molar-refractivity contribution in [2.75, 3.05) is 31.1 Å². The number of rotatable bonds is 3. The number of phenols is 1. The van der Waals surface area contributed by atoms with Gasteiger partial charge in [0.25, 0.3) is 0 Å². The molecule has 1 aliphatic rings. The molecule has 0 atom stereocenters. The molecule has 2 aromatic rings. The molecule has 3 rings (SSSR count). The van der Waals surface area contributed by atoms with E-state index in [9.17, 15) is 5.11 Å². The van der Waals surface area contributed by atoms with Crippen LogP contribution in [0, 0.1) is 0 Å². The predicted molar refractivity (Wildman–Crippen MR) is 91.2 cm³/mol. The number of aromatic hydroxyl groups is 1. The molecule has 1 heterocycles. The van der Waals surface area contributed by atoms with Gasteiger partial charge in [0.1, 0.15) is 12.3 Å². The van der Waals surface area contributed by atoms with Crippen LogP contribution in [0.3, 0.4) is 0 Å². The summed E-state index contributed by atoms with van der Waals surface area (Å²) in [7, 11) is 0. The van der Waals surface area contributed by atoms with E-state index in [1.807, 2.05) is 30.3 Å². The smallest absolute Gasteiger partial charge is 0.115 e. The summed E-state index contributed by atoms with van der Waals surface area (Å²) in [6.45, 7) is 4.93. The molecule has 22 heavy (non-hydrogen) atoms. The summed E-state index contributed by atoms with van der Waals surface area (Å²) in [6.07, 6.45) is 0. The summed E-state index contributed by atoms with van der Waals surface area (Å²) >= 11 is 12.5. The van der Waals surface area contributed by atoms with Crippen molar-refractivity contribution >= 4 is 28.9 Å². The Hall–Kier alpha value is -1.42. The quantitative estimate of drug-likeness (QED) is 0.901. The molecule has 0 saturated carbocycles. The van der Waals surface area contributed by atoms with E-state index in [1.54, 1.807) is 12.1 Å². The third kappa shape index (κ3) is 3.49. The van der Waals surface area contributed by atoms with Gasteiger partial charge in [0, 0.05) is 11.3 Å². The van der Waals surface area contributed by atoms with Crippen LogP contribution in [-0.4, -0.2) is 31.3 Å². The second-order valence-corrected chi connectivity index (χ2v) is 6.44. The highest BCUT2D eigenvalue weighted by molar-refractivity contribution is 6.35. The highest BCUT2D eigenvalue weighted by Gasteiger charge is 2.22. The van der Waals surface area contributed by atoms with Crippen LogP contribution in [0.2, 0.25) is 10.0 Å². The van der Waals surface area contributed by atoms with E-state index in [2.05, 4.69) is 4.90 Å². The average molecular weight is 338 g/mol. The van der Waals surface area contributed by atoms with Crippen molar-refractivity contribution in [3.63, 3.8) is 0 Å². The minimum Gasteiger partial charge on any atom is -0.508 e. The van der Waals surface area contributed by atoms with Crippen molar-refractivity contribution in [1.82, 2.24) is 0 Å². The Labute approximate surface area is 140 Å². The van der Waals surface area contributed by atoms with Crippen LogP contribution in [-0.2, 0) is 6.54 Å². The van der Waals surface area contributed by atoms with Crippen molar-refractivity contribution in [3.8, 4) is 5.75 Å². The van der Waals surface area contributed by atoms with Gasteiger partial charge in [-0.3, -0.25) is 0 Å². The number of nitrogens with one attached hydrogen (secondary N) is 1. The lowest BCUT2D eigenvalue weighted by Crippen LogP contribution is -3.13. The molecular weight excluding hydrogens is 319 g/mol. The van der Waals surface area contributed by atoms with Gasteiger partial charge < -0.3 is 14.9 Å². The highest BCUT2D eigenvalue weighted by Crippen LogP contribution is 2.23. The van der Waals surface area contributed by atoms with Crippen molar-refractivity contribution < 1.29 is 10.0 Å². The third-order valence-corrected chi connectivity index (χ3v) is 4.88. The number of piperazine rings is 1. The summed E-state index contributed by atoms with van der Waals surface area (Å²) in [5, 5.41) is 10.9. The van der Waals surface area contributed by atoms with Crippen LogP contribution in [0.4, 0.5) is 5.69 Å². The fourth-order valence-electron chi connectivity index (χ4n) is 2.87. The lowest BCUT2D eigenvalue weighted by Gasteiger charge is -2.34. The van der Waals surface area contributed by atoms with Gasteiger partial charge in [0.2, 0.25) is 0 Å². The van der Waals surface area contributed by atoms with E-state index in [1.165, 1.54) is 4.90 Å². The molecule has 0 unspecified atom stereocenters. The summed E-state index contributed by atoms with van der Waals surface area (Å²) < 4.78 is 0. The molecular formula is C17H19Cl2N2O+. The number of halogens is 2. The van der Waals surface area contributed by atoms with Crippen LogP contribution < -0.4 is 9.80 Å². The highest BCUT2D eigenvalue weighted by atomic mass is 35.5. The standard InChI is InChI=1S/C17H18Cl2N2O/c18-16-2-1-3-17(19)15(16)12-20-8-10-21(11-9-20)13-4-6-14(22)7-5-13/h1-7,22H,8-12H2/p+1. The van der Waals surface area contributed by atoms with Gasteiger partial charge in [-0.2, -0.15) is 0 Å². The zero-order valence-corrected chi connectivity index (χ0v) is 13.7. The molecule has 0 amide bonds. The SMILES string of the molecule is Oc1ccc(N2CC[NH+](Cc3c(Cl)cccc3Cl)CC2)cc1. The Balaban J connectivity index is 1.61. The Morgan fingerprint density at radius 1 is 0.955 bits per heavy atom. The Bertz CT molecular complexity index is 617. The Morgan fingerprint density at radius 3 is 2.14 bits per heavy atom. The number of quaternary nitrogens is 1. The molecule has 1 saturated heterocycles. The number of hydrogen-bond acceptors (Lipinski definition) is 2. The van der Waals surface area contributed by atoms with Crippen LogP contribution in [0.25, 0.3) is 0 Å². The van der Waals surface area contributed by atoms with Crippen LogP contribution in [0.1, 0.15) is 5.56 Å². The summed E-state index contributed by atoms with van der Waals surface area (Å²) in [6, 6.07) is 13.1. The maximum Gasteiger partial charge on any atom is 0.115 e. The second kappa shape index (κ2) is 6.78. The van der Waals surface area contributed by atoms with Gasteiger partial charge in [-0.15, -0.1) is 0 Å². The lowest BCUT2D eigenvalue weighted by atomic mass is 10.2. The van der Waals surface area contributed by atoms with E-state index in [0.717, 1.165) is 54.0 Å². The Morgan fingerprint density at radius 2 is 1.55 bits per heavy atom. The predicted octanol–water partition coefficient (Wildman–Crippen LogP) is 2.60. The largest absolute Gasteiger partial charge is 0.508 e. The molecule has 2 aromatic carbocycles. The van der Waals surface area contributed by atoms with Crippen LogP contribution in [0.15, 0.2) is 42.5 Å². The van der Waals surface area contributed by atoms with Gasteiger partial charge in [0.15, 0.2) is 0 Å². The van der Waals surface area contributed by atoms with E-state index in [4.69, 9.17) is 23.2 Å². The summed E-state index contributed by atoms with van der Waals surface area (Å²) in [5.41, 5.74) is 2.20. The van der Waals surface area contributed by atoms with Gasteiger partial charge in [-0.05, 0) is 36.4 Å². The van der Waals surface area contributed by atoms with Gasteiger partial charge in [-0.1, -0.05) is 29.3 Å². The first-order valence-electron chi connectivity index (χ1n) is 7.44. The monoisotopic (exact) mass is 337 g/mol. The second-order valence-electron chi connectivity index (χ2n) is 5.63. The van der Waals surface area contributed by atoms with Crippen LogP contribution in [0.5, 0.6) is 5.75 Å². The van der Waals surface area contributed by atoms with Crippen LogP contribution >= 0.6 is 23.2 Å². The fraction of sp³-hybridized carbons (Fsp3) is 0.294. The molecule has 1 fully saturated rings. The minimum atomic E-state index is 0.307. The third-order valence-electron chi connectivity index (χ3n) is 4.17. The number of benzene rings is 2. The molecule has 1 aliphatic heterocycles. The fourth-order valence-corrected chi connectivity index (χ4v) is 3.40. The molecule has 2 N–H and O–H groups in total. The number of hydrogen-bond donors (Lipinski definition) is 2. The topological polar surface area (TPSA) is 27.9 Å². The Kier molecular flexibility index (Phi) is 4.77. The number of anilines is 1. The number of phenolic OH excluding ortho intramolecular Hbond substituents is 1. The van der Waals surface area contributed by atoms with Crippen molar-refractivity contribution in [3.05, 3.63) is 58.1 Å². The van der Waals surface area contributed by atoms with Crippen molar-refractivity contribution in [1.29, 1.82) is 0 Å². The van der Waals surface area contributed by atoms with Gasteiger partial charge in [0.05, 0.1) is 36.2 Å². The average Bonchev–Trinajstić information content (AvgIpc) is 2.53. The summed E-state index contributed by atoms with van der Waals surface area (Å²) in [5.74, 6) is 0.307. The number of nitrogens with zero attached hydrogens (tertiary/aromatic N) is 1. The molecule has 116 valence electrons. The summed E-state index contributed by atoms with van der Waals surface area (Å²) in [4.78, 5) is 3.84. The van der Waals surface area contributed by atoms with Crippen molar-refractivity contribution in [2.24, 2.45) is 0 Å². The first-order valence-corrected chi connectivity index (χ1v) is 8.19. The van der Waals surface area contributed by atoms with Gasteiger partial charge in [-0.25, -0.2) is 0 Å². The minimum absolute atomic E-state index is 0.307. The first-order chi connectivity index (χ1) is 10.6. The zero-order chi connectivity index (χ0) is 15.5. The molecule has 0 radical (unpaired) electrons. The van der Waals surface area contributed by atoms with Gasteiger partial charge >= 0.3 is 0 Å². The zero-order valence-electron chi connectivity index (χ0n) is 12.2. The molecule has 0 spiro atoms. The molecule has 0 aliphatic carbocycles. The molecule has 5 heteroatoms. The van der Waals surface area contributed by atoms with E-state index in [-0.39, 0.29) is 0 Å². The normalized spacial score (nSPS) is 16.0. The lowest BCUT2D eigenvalue weighted by molar-refractivity contribution is -0.914. The van der Waals surface area contributed by atoms with E-state index >= 15 is 0 Å². The molecule has 3 nitrogen and oxygen atoms in total. The maximum absolute atomic E-state index is 9.37. The van der Waals surface area contributed by atoms with E-state index < -0.39 is 0 Å².